The summed E-state index contributed by atoms with van der Waals surface area (Å²) in [6.45, 7) is 2.22. The molecule has 1 aliphatic carbocycles. The first kappa shape index (κ1) is 16.5. The fourth-order valence-corrected chi connectivity index (χ4v) is 2.98. The molecule has 1 saturated carbocycles. The van der Waals surface area contributed by atoms with Crippen LogP contribution in [0.5, 0.6) is 5.75 Å². The van der Waals surface area contributed by atoms with Crippen molar-refractivity contribution in [1.29, 1.82) is 0 Å². The summed E-state index contributed by atoms with van der Waals surface area (Å²) in [5.74, 6) is 2.06. The van der Waals surface area contributed by atoms with E-state index >= 15 is 0 Å². The monoisotopic (exact) mass is 328 g/mol. The molecule has 3 rings (SSSR count). The first-order valence-electron chi connectivity index (χ1n) is 8.54. The van der Waals surface area contributed by atoms with Crippen molar-refractivity contribution in [2.75, 3.05) is 0 Å². The number of para-hydroxylation sites is 1. The van der Waals surface area contributed by atoms with Crippen LogP contribution in [0.4, 0.5) is 0 Å². The van der Waals surface area contributed by atoms with Crippen LogP contribution in [-0.2, 0) is 13.6 Å². The van der Waals surface area contributed by atoms with Crippen LogP contribution < -0.4 is 10.1 Å². The van der Waals surface area contributed by atoms with Crippen LogP contribution in [0.15, 0.2) is 24.3 Å². The number of carbonyl (C=O) groups excluding carboxylic acids is 1. The molecule has 6 nitrogen and oxygen atoms in total. The van der Waals surface area contributed by atoms with E-state index in [0.717, 1.165) is 24.5 Å². The zero-order chi connectivity index (χ0) is 16.9. The molecule has 1 aromatic heterocycles. The highest BCUT2D eigenvalue weighted by atomic mass is 16.5. The van der Waals surface area contributed by atoms with Gasteiger partial charge in [0.1, 0.15) is 11.6 Å². The lowest BCUT2D eigenvalue weighted by atomic mass is 9.97. The number of aromatic nitrogens is 3. The standard InChI is InChI=1S/C18H24N4O2/c1-13-20-21-17(22(13)2)12-19-18(23)15-10-6-7-11-16(15)24-14-8-4-3-5-9-14/h6-7,10-11,14H,3-5,8-9,12H2,1-2H3,(H,19,23). The van der Waals surface area contributed by atoms with E-state index in [0.29, 0.717) is 17.9 Å². The van der Waals surface area contributed by atoms with Crippen molar-refractivity contribution in [1.82, 2.24) is 20.1 Å². The molecule has 6 heteroatoms. The van der Waals surface area contributed by atoms with Crippen LogP contribution in [0.25, 0.3) is 0 Å². The second-order valence-corrected chi connectivity index (χ2v) is 6.28. The lowest BCUT2D eigenvalue weighted by molar-refractivity contribution is 0.0937. The van der Waals surface area contributed by atoms with Gasteiger partial charge in [-0.1, -0.05) is 18.6 Å². The molecular formula is C18H24N4O2. The van der Waals surface area contributed by atoms with Crippen LogP contribution in [-0.4, -0.2) is 26.8 Å². The largest absolute Gasteiger partial charge is 0.490 e. The van der Waals surface area contributed by atoms with Gasteiger partial charge in [-0.15, -0.1) is 10.2 Å². The SMILES string of the molecule is Cc1nnc(CNC(=O)c2ccccc2OC2CCCCC2)n1C. The molecule has 1 aliphatic rings. The Morgan fingerprint density at radius 3 is 2.71 bits per heavy atom. The van der Waals surface area contributed by atoms with Gasteiger partial charge in [0.15, 0.2) is 5.82 Å². The molecule has 0 spiro atoms. The molecule has 1 heterocycles. The number of aryl methyl sites for hydroxylation is 1. The second-order valence-electron chi connectivity index (χ2n) is 6.28. The summed E-state index contributed by atoms with van der Waals surface area (Å²) in [5, 5.41) is 11.0. The van der Waals surface area contributed by atoms with Crippen LogP contribution in [0.3, 0.4) is 0 Å². The van der Waals surface area contributed by atoms with Gasteiger partial charge in [0.05, 0.1) is 18.2 Å². The van der Waals surface area contributed by atoms with E-state index in [1.165, 1.54) is 19.3 Å². The highest BCUT2D eigenvalue weighted by Crippen LogP contribution is 2.26. The summed E-state index contributed by atoms with van der Waals surface area (Å²) in [4.78, 5) is 12.6. The Hall–Kier alpha value is -2.37. The van der Waals surface area contributed by atoms with Gasteiger partial charge in [-0.05, 0) is 44.7 Å². The van der Waals surface area contributed by atoms with Crippen molar-refractivity contribution in [3.63, 3.8) is 0 Å². The number of nitrogens with zero attached hydrogens (tertiary/aromatic N) is 3. The van der Waals surface area contributed by atoms with Gasteiger partial charge >= 0.3 is 0 Å². The number of amides is 1. The van der Waals surface area contributed by atoms with E-state index in [4.69, 9.17) is 4.74 Å². The molecule has 0 radical (unpaired) electrons. The van der Waals surface area contributed by atoms with Gasteiger partial charge in [-0.25, -0.2) is 0 Å². The third kappa shape index (κ3) is 3.75. The van der Waals surface area contributed by atoms with Crippen molar-refractivity contribution in [3.8, 4) is 5.75 Å². The van der Waals surface area contributed by atoms with E-state index in [2.05, 4.69) is 15.5 Å². The Bertz CT molecular complexity index is 705. The third-order valence-electron chi connectivity index (χ3n) is 4.57. The summed E-state index contributed by atoms with van der Waals surface area (Å²) in [6.07, 6.45) is 6.02. The Balaban J connectivity index is 1.66. The summed E-state index contributed by atoms with van der Waals surface area (Å²) >= 11 is 0. The van der Waals surface area contributed by atoms with Crippen LogP contribution in [0.1, 0.15) is 54.1 Å². The quantitative estimate of drug-likeness (QED) is 0.916. The topological polar surface area (TPSA) is 69.0 Å². The number of rotatable bonds is 5. The second kappa shape index (κ2) is 7.47. The highest BCUT2D eigenvalue weighted by Gasteiger charge is 2.19. The molecule has 0 bridgehead atoms. The van der Waals surface area contributed by atoms with E-state index < -0.39 is 0 Å². The Labute approximate surface area is 142 Å². The summed E-state index contributed by atoms with van der Waals surface area (Å²) < 4.78 is 7.96. The van der Waals surface area contributed by atoms with Crippen molar-refractivity contribution >= 4 is 5.91 Å². The van der Waals surface area contributed by atoms with E-state index in [9.17, 15) is 4.79 Å². The minimum absolute atomic E-state index is 0.151. The minimum Gasteiger partial charge on any atom is -0.490 e. The lowest BCUT2D eigenvalue weighted by Gasteiger charge is -2.24. The summed E-state index contributed by atoms with van der Waals surface area (Å²) in [7, 11) is 1.89. The van der Waals surface area contributed by atoms with E-state index in [-0.39, 0.29) is 12.0 Å². The molecule has 1 amide bonds. The Kier molecular flexibility index (Phi) is 5.13. The third-order valence-corrected chi connectivity index (χ3v) is 4.57. The lowest BCUT2D eigenvalue weighted by Crippen LogP contribution is -2.26. The van der Waals surface area contributed by atoms with Crippen LogP contribution in [0, 0.1) is 6.92 Å². The highest BCUT2D eigenvalue weighted by molar-refractivity contribution is 5.96. The molecule has 0 unspecified atom stereocenters. The number of hydrogen-bond donors (Lipinski definition) is 1. The number of nitrogens with one attached hydrogen (secondary N) is 1. The van der Waals surface area contributed by atoms with Gasteiger partial charge in [0.25, 0.3) is 5.91 Å². The van der Waals surface area contributed by atoms with Crippen LogP contribution in [0.2, 0.25) is 0 Å². The fourth-order valence-electron chi connectivity index (χ4n) is 2.98. The normalized spacial score (nSPS) is 15.2. The predicted octanol–water partition coefficient (Wildman–Crippen LogP) is 2.77. The zero-order valence-corrected chi connectivity index (χ0v) is 14.3. The smallest absolute Gasteiger partial charge is 0.255 e. The first-order chi connectivity index (χ1) is 11.6. The number of carbonyl (C=O) groups is 1. The Morgan fingerprint density at radius 2 is 2.00 bits per heavy atom. The van der Waals surface area contributed by atoms with Crippen molar-refractivity contribution in [2.24, 2.45) is 7.05 Å². The molecule has 1 aromatic carbocycles. The molecule has 24 heavy (non-hydrogen) atoms. The molecule has 2 aromatic rings. The molecule has 0 aliphatic heterocycles. The van der Waals surface area contributed by atoms with Crippen molar-refractivity contribution in [2.45, 2.75) is 51.7 Å². The molecule has 0 atom stereocenters. The predicted molar refractivity (Wildman–Crippen MR) is 90.9 cm³/mol. The minimum atomic E-state index is -0.151. The zero-order valence-electron chi connectivity index (χ0n) is 14.3. The maximum atomic E-state index is 12.6. The molecule has 0 saturated heterocycles. The molecular weight excluding hydrogens is 304 g/mol. The average Bonchev–Trinajstić information content (AvgIpc) is 2.93. The van der Waals surface area contributed by atoms with E-state index in [1.54, 1.807) is 6.07 Å². The average molecular weight is 328 g/mol. The fraction of sp³-hybridized carbons (Fsp3) is 0.500. The van der Waals surface area contributed by atoms with Gasteiger partial charge in [-0.2, -0.15) is 0 Å². The van der Waals surface area contributed by atoms with E-state index in [1.807, 2.05) is 36.7 Å². The van der Waals surface area contributed by atoms with Gasteiger partial charge in [0.2, 0.25) is 0 Å². The molecule has 128 valence electrons. The number of ether oxygens (including phenoxy) is 1. The Morgan fingerprint density at radius 1 is 1.25 bits per heavy atom. The van der Waals surface area contributed by atoms with Crippen LogP contribution >= 0.6 is 0 Å². The maximum absolute atomic E-state index is 12.6. The van der Waals surface area contributed by atoms with Crippen molar-refractivity contribution in [3.05, 3.63) is 41.5 Å². The summed E-state index contributed by atoms with van der Waals surface area (Å²) in [5.41, 5.74) is 0.571. The number of hydrogen-bond acceptors (Lipinski definition) is 4. The first-order valence-corrected chi connectivity index (χ1v) is 8.54. The molecule has 1 N–H and O–H groups in total. The van der Waals surface area contributed by atoms with Gasteiger partial charge < -0.3 is 14.6 Å². The van der Waals surface area contributed by atoms with Gasteiger partial charge in [-0.3, -0.25) is 4.79 Å². The number of benzene rings is 1. The molecule has 1 fully saturated rings. The maximum Gasteiger partial charge on any atom is 0.255 e. The summed E-state index contributed by atoms with van der Waals surface area (Å²) in [6, 6.07) is 7.43. The van der Waals surface area contributed by atoms with Crippen molar-refractivity contribution < 1.29 is 9.53 Å². The van der Waals surface area contributed by atoms with Gasteiger partial charge in [0, 0.05) is 7.05 Å².